The van der Waals surface area contributed by atoms with Crippen LogP contribution in [0.1, 0.15) is 48.3 Å². The number of fused-ring (bicyclic) bond motifs is 1. The Morgan fingerprint density at radius 2 is 2.10 bits per heavy atom. The smallest absolute Gasteiger partial charge is 0.255 e. The minimum absolute atomic E-state index is 0.0285. The Kier molecular flexibility index (Phi) is 4.01. The lowest BCUT2D eigenvalue weighted by molar-refractivity contribution is -0.139. The van der Waals surface area contributed by atoms with E-state index in [2.05, 4.69) is 18.8 Å². The predicted octanol–water partition coefficient (Wildman–Crippen LogP) is 3.05. The van der Waals surface area contributed by atoms with Crippen molar-refractivity contribution in [3.8, 4) is 0 Å². The molecule has 3 aliphatic heterocycles. The molecule has 2 aromatic rings. The Morgan fingerprint density at radius 3 is 2.86 bits per heavy atom. The van der Waals surface area contributed by atoms with Crippen LogP contribution in [0.15, 0.2) is 24.3 Å². The fourth-order valence-electron chi connectivity index (χ4n) is 5.47. The van der Waals surface area contributed by atoms with E-state index in [4.69, 9.17) is 4.74 Å². The van der Waals surface area contributed by atoms with Crippen LogP contribution < -0.4 is 0 Å². The highest BCUT2D eigenvalue weighted by Gasteiger charge is 2.65. The van der Waals surface area contributed by atoms with Crippen molar-refractivity contribution in [1.29, 1.82) is 0 Å². The summed E-state index contributed by atoms with van der Waals surface area (Å²) in [7, 11) is 0. The van der Waals surface area contributed by atoms with Gasteiger partial charge in [0.25, 0.3) is 5.91 Å². The van der Waals surface area contributed by atoms with Crippen molar-refractivity contribution in [2.75, 3.05) is 13.2 Å². The third-order valence-electron chi connectivity index (χ3n) is 6.92. The zero-order valence-corrected chi connectivity index (χ0v) is 17.4. The van der Waals surface area contributed by atoms with Crippen molar-refractivity contribution in [2.24, 2.45) is 5.92 Å². The molecule has 0 aliphatic carbocycles. The molecule has 1 aromatic heterocycles. The number of benzene rings is 1. The van der Waals surface area contributed by atoms with Crippen LogP contribution in [0.25, 0.3) is 10.9 Å². The first-order valence-corrected chi connectivity index (χ1v) is 10.5. The highest BCUT2D eigenvalue weighted by Crippen LogP contribution is 2.49. The van der Waals surface area contributed by atoms with E-state index in [0.717, 1.165) is 22.2 Å². The van der Waals surface area contributed by atoms with Gasteiger partial charge in [0, 0.05) is 24.0 Å². The largest absolute Gasteiger partial charge is 0.351 e. The monoisotopic (exact) mass is 393 g/mol. The number of aryl methyl sites for hydroxylation is 2. The number of ether oxygens (including phenoxy) is 1. The molecule has 6 heteroatoms. The second kappa shape index (κ2) is 6.26. The van der Waals surface area contributed by atoms with E-state index in [1.807, 2.05) is 47.9 Å². The molecule has 1 aromatic carbocycles. The molecule has 0 N–H and O–H groups in total. The number of hydrogen-bond donors (Lipinski definition) is 0. The average molecular weight is 393 g/mol. The summed E-state index contributed by atoms with van der Waals surface area (Å²) in [5, 5.41) is 0.870. The van der Waals surface area contributed by atoms with E-state index in [1.165, 1.54) is 0 Å². The van der Waals surface area contributed by atoms with E-state index in [1.54, 1.807) is 0 Å². The molecule has 152 valence electrons. The van der Waals surface area contributed by atoms with Crippen LogP contribution in [0.3, 0.4) is 0 Å². The Labute approximate surface area is 170 Å². The van der Waals surface area contributed by atoms with Crippen molar-refractivity contribution in [1.82, 2.24) is 14.8 Å². The standard InChI is InChI=1S/C23H27N3O3/c1-13(2)18-12-29-23-8-9-25(19(23)11-20(27)26(18)23)22(28)17-10-15(4)24-21-14(3)6-5-7-16(17)21/h5-7,10,13,18-19H,8-9,11-12H2,1-4H3/t18-,19+,23-/m0/s1. The summed E-state index contributed by atoms with van der Waals surface area (Å²) in [6.45, 7) is 9.34. The lowest BCUT2D eigenvalue weighted by Gasteiger charge is -2.34. The number of para-hydroxylation sites is 1. The van der Waals surface area contributed by atoms with Crippen molar-refractivity contribution in [2.45, 2.75) is 58.3 Å². The van der Waals surface area contributed by atoms with E-state index in [-0.39, 0.29) is 23.9 Å². The lowest BCUT2D eigenvalue weighted by Crippen LogP contribution is -2.51. The lowest BCUT2D eigenvalue weighted by atomic mass is 10.0. The van der Waals surface area contributed by atoms with Gasteiger partial charge in [-0.25, -0.2) is 0 Å². The van der Waals surface area contributed by atoms with Crippen molar-refractivity contribution < 1.29 is 14.3 Å². The number of pyridine rings is 1. The maximum atomic E-state index is 13.7. The summed E-state index contributed by atoms with van der Waals surface area (Å²) in [5.74, 6) is 0.408. The summed E-state index contributed by atoms with van der Waals surface area (Å²) in [6, 6.07) is 7.68. The fourth-order valence-corrected chi connectivity index (χ4v) is 5.47. The molecule has 4 heterocycles. The van der Waals surface area contributed by atoms with Crippen molar-refractivity contribution >= 4 is 22.7 Å². The second-order valence-corrected chi connectivity index (χ2v) is 8.98. The van der Waals surface area contributed by atoms with Gasteiger partial charge in [-0.15, -0.1) is 0 Å². The van der Waals surface area contributed by atoms with Gasteiger partial charge in [-0.2, -0.15) is 0 Å². The number of nitrogens with zero attached hydrogens (tertiary/aromatic N) is 3. The van der Waals surface area contributed by atoms with Crippen molar-refractivity contribution in [3.63, 3.8) is 0 Å². The number of carbonyl (C=O) groups excluding carboxylic acids is 2. The summed E-state index contributed by atoms with van der Waals surface area (Å²) in [6.07, 6.45) is 1.02. The molecule has 1 spiro atoms. The van der Waals surface area contributed by atoms with Gasteiger partial charge in [-0.3, -0.25) is 14.6 Å². The molecule has 2 amide bonds. The fraction of sp³-hybridized carbons (Fsp3) is 0.522. The molecular weight excluding hydrogens is 366 g/mol. The molecule has 3 fully saturated rings. The number of likely N-dealkylation sites (tertiary alicyclic amines) is 1. The molecule has 29 heavy (non-hydrogen) atoms. The van der Waals surface area contributed by atoms with Gasteiger partial charge in [0.05, 0.1) is 36.2 Å². The highest BCUT2D eigenvalue weighted by molar-refractivity contribution is 6.07. The first-order valence-electron chi connectivity index (χ1n) is 10.5. The van der Waals surface area contributed by atoms with Gasteiger partial charge in [0.2, 0.25) is 5.91 Å². The van der Waals surface area contributed by atoms with Gasteiger partial charge in [-0.1, -0.05) is 32.0 Å². The maximum Gasteiger partial charge on any atom is 0.255 e. The van der Waals surface area contributed by atoms with Gasteiger partial charge < -0.3 is 14.5 Å². The van der Waals surface area contributed by atoms with Crippen LogP contribution in [0, 0.1) is 19.8 Å². The molecule has 3 aliphatic rings. The number of amides is 2. The number of aromatic nitrogens is 1. The second-order valence-electron chi connectivity index (χ2n) is 8.98. The summed E-state index contributed by atoms with van der Waals surface area (Å²) in [5.41, 5.74) is 2.77. The summed E-state index contributed by atoms with van der Waals surface area (Å²) < 4.78 is 6.28. The molecule has 5 rings (SSSR count). The van der Waals surface area contributed by atoms with Gasteiger partial charge in [-0.05, 0) is 31.4 Å². The van der Waals surface area contributed by atoms with Crippen LogP contribution in [-0.2, 0) is 9.53 Å². The molecule has 3 atom stereocenters. The third-order valence-corrected chi connectivity index (χ3v) is 6.92. The summed E-state index contributed by atoms with van der Waals surface area (Å²) >= 11 is 0. The van der Waals surface area contributed by atoms with Crippen LogP contribution in [0.4, 0.5) is 0 Å². The normalized spacial score (nSPS) is 28.5. The number of carbonyl (C=O) groups is 2. The van der Waals surface area contributed by atoms with Crippen LogP contribution >= 0.6 is 0 Å². The maximum absolute atomic E-state index is 13.7. The van der Waals surface area contributed by atoms with E-state index in [0.29, 0.717) is 37.5 Å². The molecule has 6 nitrogen and oxygen atoms in total. The number of hydrogen-bond acceptors (Lipinski definition) is 4. The van der Waals surface area contributed by atoms with E-state index < -0.39 is 5.72 Å². The Balaban J connectivity index is 1.55. The van der Waals surface area contributed by atoms with Crippen molar-refractivity contribution in [3.05, 3.63) is 41.1 Å². The van der Waals surface area contributed by atoms with E-state index >= 15 is 0 Å². The number of rotatable bonds is 2. The summed E-state index contributed by atoms with van der Waals surface area (Å²) in [4.78, 5) is 35.1. The zero-order valence-electron chi connectivity index (χ0n) is 17.4. The van der Waals surface area contributed by atoms with E-state index in [9.17, 15) is 9.59 Å². The average Bonchev–Trinajstić information content (AvgIpc) is 3.30. The zero-order chi connectivity index (χ0) is 20.5. The van der Waals surface area contributed by atoms with Crippen LogP contribution in [0.2, 0.25) is 0 Å². The van der Waals surface area contributed by atoms with Gasteiger partial charge >= 0.3 is 0 Å². The highest BCUT2D eigenvalue weighted by atomic mass is 16.5. The predicted molar refractivity (Wildman–Crippen MR) is 109 cm³/mol. The quantitative estimate of drug-likeness (QED) is 0.787. The van der Waals surface area contributed by atoms with Gasteiger partial charge in [0.1, 0.15) is 0 Å². The Morgan fingerprint density at radius 1 is 1.31 bits per heavy atom. The SMILES string of the molecule is Cc1cc(C(=O)N2CC[C@@]34OC[C@@H](C(C)C)N3C(=O)C[C@@H]24)c2cccc(C)c2n1. The minimum atomic E-state index is -0.643. The minimum Gasteiger partial charge on any atom is -0.351 e. The molecule has 0 radical (unpaired) electrons. The van der Waals surface area contributed by atoms with Crippen LogP contribution in [-0.4, -0.2) is 57.6 Å². The first kappa shape index (κ1) is 18.6. The van der Waals surface area contributed by atoms with Gasteiger partial charge in [0.15, 0.2) is 5.72 Å². The Hall–Kier alpha value is -2.47. The molecule has 0 saturated carbocycles. The topological polar surface area (TPSA) is 62.7 Å². The molecule has 0 unspecified atom stereocenters. The van der Waals surface area contributed by atoms with Crippen LogP contribution in [0.5, 0.6) is 0 Å². The Bertz CT molecular complexity index is 1030. The first-order chi connectivity index (χ1) is 13.8. The molecular formula is C23H27N3O3. The molecule has 3 saturated heterocycles. The molecule has 0 bridgehead atoms. The third kappa shape index (κ3) is 2.48.